The van der Waals surface area contributed by atoms with E-state index >= 15 is 0 Å². The first-order chi connectivity index (χ1) is 10.3. The van der Waals surface area contributed by atoms with Crippen molar-refractivity contribution in [1.82, 2.24) is 0 Å². The highest BCUT2D eigenvalue weighted by molar-refractivity contribution is 5.13. The lowest BCUT2D eigenvalue weighted by molar-refractivity contribution is -0.862. The van der Waals surface area contributed by atoms with Crippen LogP contribution >= 0.6 is 0 Å². The first-order valence-electron chi connectivity index (χ1n) is 8.88. The van der Waals surface area contributed by atoms with Crippen molar-refractivity contribution >= 4 is 0 Å². The van der Waals surface area contributed by atoms with Gasteiger partial charge in [0.2, 0.25) is 0 Å². The van der Waals surface area contributed by atoms with Crippen LogP contribution in [0.1, 0.15) is 76.7 Å². The zero-order valence-electron chi connectivity index (χ0n) is 13.8. The fourth-order valence-electron chi connectivity index (χ4n) is 2.72. The number of unbranched alkanes of at least 4 members (excludes halogenated alkanes) is 9. The minimum Gasteiger partial charge on any atom is -0.634 e. The van der Waals surface area contributed by atoms with Crippen LogP contribution in [0, 0.1) is 5.21 Å². The summed E-state index contributed by atoms with van der Waals surface area (Å²) in [6.45, 7) is 3.63. The molecule has 120 valence electrons. The largest absolute Gasteiger partial charge is 0.634 e. The van der Waals surface area contributed by atoms with E-state index in [1.165, 1.54) is 57.8 Å². The molecule has 0 spiro atoms. The fraction of sp³-hybridized carbons (Fsp3) is 0.684. The average molecular weight is 291 g/mol. The van der Waals surface area contributed by atoms with E-state index in [4.69, 9.17) is 0 Å². The minimum absolute atomic E-state index is 0.390. The van der Waals surface area contributed by atoms with E-state index in [-0.39, 0.29) is 0 Å². The predicted molar refractivity (Wildman–Crippen MR) is 91.2 cm³/mol. The van der Waals surface area contributed by atoms with Crippen molar-refractivity contribution in [3.63, 3.8) is 0 Å². The Kier molecular flexibility index (Phi) is 11.1. The third kappa shape index (κ3) is 10.5. The topological polar surface area (TPSA) is 27.5 Å². The number of hydrogen-bond donors (Lipinski definition) is 1. The summed E-state index contributed by atoms with van der Waals surface area (Å²) < 4.78 is 0. The molecular formula is C19H33NO. The molecule has 0 aliphatic heterocycles. The number of quaternary nitrogens is 1. The molecule has 1 atom stereocenters. The van der Waals surface area contributed by atoms with E-state index in [0.29, 0.717) is 11.6 Å². The first kappa shape index (κ1) is 18.2. The molecule has 1 rings (SSSR count). The van der Waals surface area contributed by atoms with E-state index in [1.807, 2.05) is 30.3 Å². The maximum Gasteiger partial charge on any atom is 0.103 e. The standard InChI is InChI=1S/C19H33NO/c1-2-3-4-5-6-7-8-9-10-14-17-20(21)18-19-15-12-11-13-16-19/h11-13,15-16,20H,2-10,14,17-18H2,1H3. The highest BCUT2D eigenvalue weighted by atomic mass is 16.5. The summed E-state index contributed by atoms with van der Waals surface area (Å²) in [6.07, 6.45) is 13.2. The zero-order chi connectivity index (χ0) is 15.2. The van der Waals surface area contributed by atoms with Gasteiger partial charge in [-0.3, -0.25) is 0 Å². The van der Waals surface area contributed by atoms with Crippen molar-refractivity contribution in [2.45, 2.75) is 77.7 Å². The third-order valence-corrected chi connectivity index (χ3v) is 4.05. The second-order valence-corrected chi connectivity index (χ2v) is 6.13. The molecule has 1 N–H and O–H groups in total. The molecule has 1 unspecified atom stereocenters. The summed E-state index contributed by atoms with van der Waals surface area (Å²) in [5, 5.41) is 12.2. The third-order valence-electron chi connectivity index (χ3n) is 4.05. The van der Waals surface area contributed by atoms with Gasteiger partial charge in [-0.15, -0.1) is 0 Å². The van der Waals surface area contributed by atoms with Crippen molar-refractivity contribution in [3.8, 4) is 0 Å². The Labute approximate surface area is 131 Å². The number of hydroxylamine groups is 2. The van der Waals surface area contributed by atoms with Crippen LogP contribution in [0.4, 0.5) is 0 Å². The van der Waals surface area contributed by atoms with Crippen LogP contribution in [0.2, 0.25) is 0 Å². The average Bonchev–Trinajstić information content (AvgIpc) is 2.50. The van der Waals surface area contributed by atoms with E-state index in [9.17, 15) is 5.21 Å². The molecule has 0 aliphatic carbocycles. The molecule has 0 saturated carbocycles. The molecule has 2 nitrogen and oxygen atoms in total. The number of rotatable bonds is 13. The van der Waals surface area contributed by atoms with Crippen LogP contribution in [-0.2, 0) is 6.54 Å². The molecule has 0 aliphatic rings. The van der Waals surface area contributed by atoms with Gasteiger partial charge in [-0.05, 0) is 12.8 Å². The van der Waals surface area contributed by atoms with E-state index in [2.05, 4.69) is 6.92 Å². The van der Waals surface area contributed by atoms with Gasteiger partial charge in [0, 0.05) is 5.56 Å². The van der Waals surface area contributed by atoms with Crippen molar-refractivity contribution in [2.24, 2.45) is 0 Å². The van der Waals surface area contributed by atoms with Gasteiger partial charge in [0.15, 0.2) is 0 Å². The molecule has 0 aromatic heterocycles. The van der Waals surface area contributed by atoms with E-state index < -0.39 is 0 Å². The van der Waals surface area contributed by atoms with Gasteiger partial charge < -0.3 is 10.3 Å². The lowest BCUT2D eigenvalue weighted by Crippen LogP contribution is -3.05. The van der Waals surface area contributed by atoms with Crippen LogP contribution in [0.5, 0.6) is 0 Å². The molecule has 1 aromatic carbocycles. The summed E-state index contributed by atoms with van der Waals surface area (Å²) in [5.74, 6) is 0. The van der Waals surface area contributed by atoms with Crippen molar-refractivity contribution in [2.75, 3.05) is 6.54 Å². The lowest BCUT2D eigenvalue weighted by atomic mass is 10.1. The smallest absolute Gasteiger partial charge is 0.103 e. The van der Waals surface area contributed by atoms with Gasteiger partial charge in [-0.2, -0.15) is 0 Å². The maximum absolute atomic E-state index is 11.8. The molecule has 0 amide bonds. The Morgan fingerprint density at radius 2 is 1.29 bits per heavy atom. The number of hydrogen-bond acceptors (Lipinski definition) is 1. The molecule has 1 aromatic rings. The Bertz CT molecular complexity index is 326. The predicted octanol–water partition coefficient (Wildman–Crippen LogP) is 4.49. The summed E-state index contributed by atoms with van der Waals surface area (Å²) in [4.78, 5) is 0. The van der Waals surface area contributed by atoms with Gasteiger partial charge in [0.25, 0.3) is 0 Å². The molecule has 21 heavy (non-hydrogen) atoms. The minimum atomic E-state index is 0.390. The Balaban J connectivity index is 1.87. The number of nitrogens with one attached hydrogen (secondary N) is 1. The monoisotopic (exact) mass is 291 g/mol. The molecule has 0 bridgehead atoms. The summed E-state index contributed by atoms with van der Waals surface area (Å²) in [5.41, 5.74) is 1.15. The Hall–Kier alpha value is -0.860. The van der Waals surface area contributed by atoms with Gasteiger partial charge in [0.05, 0.1) is 6.54 Å². The van der Waals surface area contributed by atoms with E-state index in [0.717, 1.165) is 18.5 Å². The fourth-order valence-corrected chi connectivity index (χ4v) is 2.72. The summed E-state index contributed by atoms with van der Waals surface area (Å²) >= 11 is 0. The number of benzene rings is 1. The second-order valence-electron chi connectivity index (χ2n) is 6.13. The molecule has 2 heteroatoms. The van der Waals surface area contributed by atoms with Crippen LogP contribution in [0.25, 0.3) is 0 Å². The van der Waals surface area contributed by atoms with Crippen molar-refractivity contribution < 1.29 is 5.06 Å². The highest BCUT2D eigenvalue weighted by Crippen LogP contribution is 2.10. The summed E-state index contributed by atoms with van der Waals surface area (Å²) in [6, 6.07) is 10.1. The molecule has 0 saturated heterocycles. The van der Waals surface area contributed by atoms with Crippen LogP contribution in [0.15, 0.2) is 30.3 Å². The Morgan fingerprint density at radius 3 is 1.86 bits per heavy atom. The van der Waals surface area contributed by atoms with Gasteiger partial charge in [0.1, 0.15) is 6.54 Å². The quantitative estimate of drug-likeness (QED) is 0.421. The van der Waals surface area contributed by atoms with Crippen molar-refractivity contribution in [3.05, 3.63) is 41.1 Å². The summed E-state index contributed by atoms with van der Waals surface area (Å²) in [7, 11) is 0. The highest BCUT2D eigenvalue weighted by Gasteiger charge is 1.99. The van der Waals surface area contributed by atoms with E-state index in [1.54, 1.807) is 0 Å². The molecular weight excluding hydrogens is 258 g/mol. The van der Waals surface area contributed by atoms with Crippen LogP contribution in [-0.4, -0.2) is 6.54 Å². The second kappa shape index (κ2) is 12.8. The lowest BCUT2D eigenvalue weighted by Gasteiger charge is -2.22. The first-order valence-corrected chi connectivity index (χ1v) is 8.88. The Morgan fingerprint density at radius 1 is 0.762 bits per heavy atom. The maximum atomic E-state index is 11.8. The van der Waals surface area contributed by atoms with Crippen molar-refractivity contribution in [1.29, 1.82) is 0 Å². The van der Waals surface area contributed by atoms with Gasteiger partial charge >= 0.3 is 0 Å². The van der Waals surface area contributed by atoms with Gasteiger partial charge in [-0.25, -0.2) is 0 Å². The molecule has 0 radical (unpaired) electrons. The SMILES string of the molecule is CCCCCCCCCCCC[NH+]([O-])Cc1ccccc1. The van der Waals surface area contributed by atoms with Crippen LogP contribution in [0.3, 0.4) is 0 Å². The normalized spacial score (nSPS) is 12.5. The molecule has 0 fully saturated rings. The zero-order valence-corrected chi connectivity index (χ0v) is 13.8. The van der Waals surface area contributed by atoms with Gasteiger partial charge in [-0.1, -0.05) is 88.6 Å². The van der Waals surface area contributed by atoms with Crippen LogP contribution < -0.4 is 5.06 Å². The molecule has 0 heterocycles.